The Morgan fingerprint density at radius 1 is 0.974 bits per heavy atom. The third-order valence-corrected chi connectivity index (χ3v) is 8.26. The van der Waals surface area contributed by atoms with Gasteiger partial charge in [-0.3, -0.25) is 24.0 Å². The largest absolute Gasteiger partial charge is 0.507 e. The number of aromatic hydroxyl groups is 1. The first-order valence-electron chi connectivity index (χ1n) is 12.3. The number of ether oxygens (including phenoxy) is 3. The third kappa shape index (κ3) is 3.63. The molecule has 0 bridgehead atoms. The molecule has 0 spiro atoms. The maximum absolute atomic E-state index is 13.8. The maximum atomic E-state index is 13.8. The van der Waals surface area contributed by atoms with Crippen molar-refractivity contribution in [2.75, 3.05) is 21.3 Å². The number of carbonyl (C=O) groups excluding carboxylic acids is 5. The summed E-state index contributed by atoms with van der Waals surface area (Å²) < 4.78 is 16.3. The van der Waals surface area contributed by atoms with Crippen molar-refractivity contribution >= 4 is 29.0 Å². The van der Waals surface area contributed by atoms with Crippen molar-refractivity contribution in [2.45, 2.75) is 24.9 Å². The number of nitrogens with two attached hydrogens (primary N) is 1. The molecule has 2 saturated carbocycles. The predicted molar refractivity (Wildman–Crippen MR) is 134 cm³/mol. The smallest absolute Gasteiger partial charge is 0.235 e. The van der Waals surface area contributed by atoms with E-state index in [0.29, 0.717) is 33.9 Å². The molecule has 204 valence electrons. The van der Waals surface area contributed by atoms with Crippen molar-refractivity contribution in [3.05, 3.63) is 35.4 Å². The Bertz CT molecular complexity index is 1440. The minimum absolute atomic E-state index is 0.00536. The van der Waals surface area contributed by atoms with Crippen molar-refractivity contribution in [2.24, 2.45) is 29.4 Å². The molecule has 2 unspecified atom stereocenters. The number of phenols is 1. The summed E-state index contributed by atoms with van der Waals surface area (Å²) in [5.74, 6) is -9.49. The lowest BCUT2D eigenvalue weighted by Crippen LogP contribution is -2.68. The first-order chi connectivity index (χ1) is 18.5. The van der Waals surface area contributed by atoms with Gasteiger partial charge in [-0.2, -0.15) is 0 Å². The number of carbonyl (C=O) groups is 5. The molecule has 11 heteroatoms. The Balaban J connectivity index is 1.63. The molecule has 4 N–H and O–H groups in total. The fraction of sp³-hybridized carbons (Fsp3) is 0.393. The summed E-state index contributed by atoms with van der Waals surface area (Å²) in [6.07, 6.45) is -0.247. The summed E-state index contributed by atoms with van der Waals surface area (Å²) in [6, 6.07) is 6.35. The standard InChI is InChI=1S/C28H27NO10/c1-37-18-8-11(9-19(38-2)24(18)39-3)14-4-5-16(30)21-15(14)7-12-6-13-10-17(31)22(27(29)35)26(34)28(13,36)25(33)20(12)23(21)32/h4-5,8-9,12-13,20,22,30,36H,6-7,10H2,1-3H3,(H2,29,35)/t12-,13+,20?,22?,28+/m1/s1. The van der Waals surface area contributed by atoms with Crippen LogP contribution in [0.25, 0.3) is 11.1 Å². The molecule has 1 amide bonds. The van der Waals surface area contributed by atoms with E-state index in [4.69, 9.17) is 19.9 Å². The molecular formula is C28H27NO10. The summed E-state index contributed by atoms with van der Waals surface area (Å²) in [5, 5.41) is 22.0. The SMILES string of the molecule is COc1cc(-c2ccc(O)c3c2C[C@H]2C[C@H]4CC(=O)C(C(N)=O)C(=O)[C@@]4(O)C(=O)C2C3=O)cc(OC)c1OC. The maximum Gasteiger partial charge on any atom is 0.235 e. The van der Waals surface area contributed by atoms with Crippen LogP contribution < -0.4 is 19.9 Å². The highest BCUT2D eigenvalue weighted by molar-refractivity contribution is 6.31. The molecule has 3 aliphatic carbocycles. The van der Waals surface area contributed by atoms with Crippen LogP contribution in [0.15, 0.2) is 24.3 Å². The van der Waals surface area contributed by atoms with Crippen molar-refractivity contribution < 1.29 is 48.4 Å². The number of methoxy groups -OCH3 is 3. The lowest BCUT2D eigenvalue weighted by molar-refractivity contribution is -0.175. The Labute approximate surface area is 222 Å². The molecule has 11 nitrogen and oxygen atoms in total. The van der Waals surface area contributed by atoms with Crippen LogP contribution in [-0.4, -0.2) is 66.2 Å². The van der Waals surface area contributed by atoms with E-state index in [1.807, 2.05) is 0 Å². The fourth-order valence-corrected chi connectivity index (χ4v) is 6.47. The van der Waals surface area contributed by atoms with Gasteiger partial charge in [0.15, 0.2) is 46.2 Å². The Hall–Kier alpha value is -4.25. The summed E-state index contributed by atoms with van der Waals surface area (Å²) in [5.41, 5.74) is 4.08. The van der Waals surface area contributed by atoms with Gasteiger partial charge in [-0.05, 0) is 53.6 Å². The second kappa shape index (κ2) is 9.19. The van der Waals surface area contributed by atoms with Crippen molar-refractivity contribution in [3.8, 4) is 34.1 Å². The zero-order valence-electron chi connectivity index (χ0n) is 21.5. The van der Waals surface area contributed by atoms with Crippen LogP contribution in [0.3, 0.4) is 0 Å². The Morgan fingerprint density at radius 3 is 2.18 bits per heavy atom. The van der Waals surface area contributed by atoms with Crippen LogP contribution in [-0.2, 0) is 25.6 Å². The van der Waals surface area contributed by atoms with Gasteiger partial charge >= 0.3 is 0 Å². The lowest BCUT2D eigenvalue weighted by Gasteiger charge is -2.48. The Morgan fingerprint density at radius 2 is 1.62 bits per heavy atom. The fourth-order valence-electron chi connectivity index (χ4n) is 6.47. The topological polar surface area (TPSA) is 180 Å². The highest BCUT2D eigenvalue weighted by atomic mass is 16.5. The van der Waals surface area contributed by atoms with Crippen LogP contribution in [0.4, 0.5) is 0 Å². The van der Waals surface area contributed by atoms with Crippen LogP contribution >= 0.6 is 0 Å². The van der Waals surface area contributed by atoms with E-state index in [2.05, 4.69) is 0 Å². The van der Waals surface area contributed by atoms with E-state index in [0.717, 1.165) is 0 Å². The van der Waals surface area contributed by atoms with Crippen LogP contribution in [0.2, 0.25) is 0 Å². The number of aliphatic hydroxyl groups is 1. The average Bonchev–Trinajstić information content (AvgIpc) is 2.89. The summed E-state index contributed by atoms with van der Waals surface area (Å²) in [7, 11) is 4.40. The number of hydrogen-bond acceptors (Lipinski definition) is 10. The molecule has 2 aromatic carbocycles. The monoisotopic (exact) mass is 537 g/mol. The van der Waals surface area contributed by atoms with Gasteiger partial charge in [0.05, 0.1) is 32.8 Å². The van der Waals surface area contributed by atoms with Crippen molar-refractivity contribution in [3.63, 3.8) is 0 Å². The molecule has 39 heavy (non-hydrogen) atoms. The molecule has 5 atom stereocenters. The van der Waals surface area contributed by atoms with E-state index in [9.17, 15) is 34.2 Å². The predicted octanol–water partition coefficient (Wildman–Crippen LogP) is 1.02. The van der Waals surface area contributed by atoms with Gasteiger partial charge in [-0.1, -0.05) is 6.07 Å². The van der Waals surface area contributed by atoms with Crippen LogP contribution in [0.5, 0.6) is 23.0 Å². The summed E-state index contributed by atoms with van der Waals surface area (Å²) in [4.78, 5) is 64.8. The number of primary amides is 1. The molecular weight excluding hydrogens is 510 g/mol. The zero-order valence-corrected chi connectivity index (χ0v) is 21.5. The van der Waals surface area contributed by atoms with Gasteiger partial charge in [0.1, 0.15) is 5.75 Å². The second-order valence-electron chi connectivity index (χ2n) is 10.1. The zero-order chi connectivity index (χ0) is 28.4. The van der Waals surface area contributed by atoms with Crippen LogP contribution in [0.1, 0.15) is 28.8 Å². The van der Waals surface area contributed by atoms with Crippen molar-refractivity contribution in [1.29, 1.82) is 0 Å². The van der Waals surface area contributed by atoms with Gasteiger partial charge in [0.2, 0.25) is 11.7 Å². The summed E-state index contributed by atoms with van der Waals surface area (Å²) in [6.45, 7) is 0. The molecule has 0 aromatic heterocycles. The van der Waals surface area contributed by atoms with E-state index in [1.165, 1.54) is 27.4 Å². The van der Waals surface area contributed by atoms with E-state index in [-0.39, 0.29) is 24.2 Å². The molecule has 0 saturated heterocycles. The molecule has 0 heterocycles. The highest BCUT2D eigenvalue weighted by Gasteiger charge is 2.66. The Kier molecular flexibility index (Phi) is 6.21. The van der Waals surface area contributed by atoms with Gasteiger partial charge < -0.3 is 30.2 Å². The highest BCUT2D eigenvalue weighted by Crippen LogP contribution is 2.52. The molecule has 3 aliphatic rings. The van der Waals surface area contributed by atoms with Gasteiger partial charge in [-0.25, -0.2) is 0 Å². The number of Topliss-reactive ketones (excluding diaryl/α,β-unsaturated/α-hetero) is 4. The average molecular weight is 538 g/mol. The third-order valence-electron chi connectivity index (χ3n) is 8.26. The lowest BCUT2D eigenvalue weighted by atomic mass is 9.53. The first-order valence-corrected chi connectivity index (χ1v) is 12.3. The molecule has 0 aliphatic heterocycles. The van der Waals surface area contributed by atoms with Gasteiger partial charge in [-0.15, -0.1) is 0 Å². The number of rotatable bonds is 5. The quantitative estimate of drug-likeness (QED) is 0.466. The summed E-state index contributed by atoms with van der Waals surface area (Å²) >= 11 is 0. The number of amides is 1. The first kappa shape index (κ1) is 26.4. The number of ketones is 4. The molecule has 2 aromatic rings. The minimum atomic E-state index is -2.69. The van der Waals surface area contributed by atoms with E-state index < -0.39 is 64.7 Å². The number of hydrogen-bond donors (Lipinski definition) is 3. The van der Waals surface area contributed by atoms with E-state index in [1.54, 1.807) is 18.2 Å². The minimum Gasteiger partial charge on any atom is -0.507 e. The molecule has 0 radical (unpaired) electrons. The van der Waals surface area contributed by atoms with Crippen LogP contribution in [0, 0.1) is 23.7 Å². The number of fused-ring (bicyclic) bond motifs is 3. The van der Waals surface area contributed by atoms with Crippen molar-refractivity contribution in [1.82, 2.24) is 0 Å². The number of phenolic OH excluding ortho intramolecular Hbond substituents is 1. The van der Waals surface area contributed by atoms with E-state index >= 15 is 0 Å². The molecule has 2 fully saturated rings. The number of benzene rings is 2. The second-order valence-corrected chi connectivity index (χ2v) is 10.1. The molecule has 5 rings (SSSR count). The normalized spacial score (nSPS) is 27.8. The van der Waals surface area contributed by atoms with Gasteiger partial charge in [0, 0.05) is 12.3 Å². The van der Waals surface area contributed by atoms with Gasteiger partial charge in [0.25, 0.3) is 0 Å².